The number of rotatable bonds is 8. The van der Waals surface area contributed by atoms with Crippen molar-refractivity contribution < 1.29 is 19.7 Å². The number of aliphatic hydroxyl groups excluding tert-OH is 1. The molecule has 2 aliphatic rings. The van der Waals surface area contributed by atoms with Gasteiger partial charge in [0.2, 0.25) is 0 Å². The Morgan fingerprint density at radius 2 is 1.63 bits per heavy atom. The van der Waals surface area contributed by atoms with E-state index in [1.54, 1.807) is 7.05 Å². The average molecular weight is 426 g/mol. The highest BCUT2D eigenvalue weighted by Crippen LogP contribution is 2.44. The van der Waals surface area contributed by atoms with Gasteiger partial charge in [-0.15, -0.1) is 12.8 Å². The molecule has 1 aliphatic carbocycles. The Bertz CT molecular complexity index is 411. The van der Waals surface area contributed by atoms with Gasteiger partial charge in [-0.05, 0) is 33.7 Å². The summed E-state index contributed by atoms with van der Waals surface area (Å²) in [6.45, 7) is 11.0. The molecule has 176 valence electrons. The summed E-state index contributed by atoms with van der Waals surface area (Å²) in [7, 11) is 1.80. The van der Waals surface area contributed by atoms with Crippen LogP contribution in [0, 0.1) is 24.7 Å². The predicted molar refractivity (Wildman–Crippen MR) is 128 cm³/mol. The molecule has 1 unspecified atom stereocenters. The molecule has 0 spiro atoms. The number of likely N-dealkylation sites (N-methyl/N-ethyl adjacent to an activating group) is 1. The van der Waals surface area contributed by atoms with Crippen LogP contribution in [0.4, 0.5) is 0 Å². The van der Waals surface area contributed by atoms with Gasteiger partial charge in [0.1, 0.15) is 12.4 Å². The molecule has 5 heteroatoms. The average Bonchev–Trinajstić information content (AvgIpc) is 3.35. The summed E-state index contributed by atoms with van der Waals surface area (Å²) in [6, 6.07) is 0. The van der Waals surface area contributed by atoms with Crippen LogP contribution >= 0.6 is 0 Å². The van der Waals surface area contributed by atoms with Crippen molar-refractivity contribution in [1.29, 1.82) is 0 Å². The van der Waals surface area contributed by atoms with Crippen molar-refractivity contribution in [3.8, 4) is 12.8 Å². The third-order valence-corrected chi connectivity index (χ3v) is 4.46. The maximum absolute atomic E-state index is 8.81. The van der Waals surface area contributed by atoms with E-state index in [9.17, 15) is 0 Å². The second kappa shape index (κ2) is 27.5. The molecular weight excluding hydrogens is 378 g/mol. The molecule has 0 amide bonds. The predicted octanol–water partition coefficient (Wildman–Crippen LogP) is 5.10. The first-order valence-electron chi connectivity index (χ1n) is 11.2. The zero-order valence-corrected chi connectivity index (χ0v) is 20.2. The largest absolute Gasteiger partial charge is 0.395 e. The Morgan fingerprint density at radius 1 is 1.07 bits per heavy atom. The number of aldehydes is 1. The van der Waals surface area contributed by atoms with Gasteiger partial charge in [-0.3, -0.25) is 0 Å². The monoisotopic (exact) mass is 425 g/mol. The van der Waals surface area contributed by atoms with Crippen LogP contribution in [-0.4, -0.2) is 43.8 Å². The Labute approximate surface area is 186 Å². The van der Waals surface area contributed by atoms with Gasteiger partial charge >= 0.3 is 0 Å². The first-order chi connectivity index (χ1) is 14.6. The van der Waals surface area contributed by atoms with E-state index in [-0.39, 0.29) is 6.61 Å². The number of unbranched alkanes of at least 4 members (excludes halogenated alkanes) is 2. The second-order valence-corrected chi connectivity index (χ2v) is 6.80. The molecule has 0 radical (unpaired) electrons. The Kier molecular flexibility index (Phi) is 30.5. The van der Waals surface area contributed by atoms with Crippen molar-refractivity contribution in [3.05, 3.63) is 24.3 Å². The van der Waals surface area contributed by atoms with Gasteiger partial charge in [-0.25, -0.2) is 9.78 Å². The second-order valence-electron chi connectivity index (χ2n) is 6.80. The van der Waals surface area contributed by atoms with Crippen LogP contribution in [0.2, 0.25) is 0 Å². The first kappa shape index (κ1) is 33.2. The van der Waals surface area contributed by atoms with Gasteiger partial charge in [0.05, 0.1) is 12.7 Å². The highest BCUT2D eigenvalue weighted by atomic mass is 17.2. The SMILES string of the molecule is C#C.C/C=C/C1[C@@H](C/C=C\CC)[C@@H]2C[C@H]1OO2.CC=O.CCCCC.CNCCO. The molecule has 1 saturated carbocycles. The minimum Gasteiger partial charge on any atom is -0.395 e. The van der Waals surface area contributed by atoms with Gasteiger partial charge in [0, 0.05) is 24.8 Å². The summed E-state index contributed by atoms with van der Waals surface area (Å²) in [5.74, 6) is 1.16. The third-order valence-electron chi connectivity index (χ3n) is 4.46. The van der Waals surface area contributed by atoms with Gasteiger partial charge in [-0.1, -0.05) is 64.3 Å². The molecule has 0 aromatic rings. The molecule has 30 heavy (non-hydrogen) atoms. The highest BCUT2D eigenvalue weighted by Gasteiger charge is 2.48. The minimum absolute atomic E-state index is 0.233. The number of hydrogen-bond donors (Lipinski definition) is 2. The summed E-state index contributed by atoms with van der Waals surface area (Å²) >= 11 is 0. The van der Waals surface area contributed by atoms with Crippen molar-refractivity contribution >= 4 is 6.29 Å². The standard InChI is InChI=1S/C13H20O2.C5H12.C3H9NO.C2H4O.C2H2/c1-3-5-6-8-11-10(7-4-2)12-9-13(11)15-14-12;1-3-5-4-2;1-4-2-3-5;1-2-3;1-2/h4-7,10-13H,3,8-9H2,1-2H3;3-5H2,1-2H3;4-5H,2-3H2,1H3;2H,1H3;1-2H/b6-5-,7-4+;;;;/t10?,11-,12-,13+;;;;/m1..../s1. The normalized spacial score (nSPS) is 23.2. The van der Waals surface area contributed by atoms with E-state index in [2.05, 4.69) is 70.2 Å². The molecule has 1 saturated heterocycles. The van der Waals surface area contributed by atoms with E-state index in [0.717, 1.165) is 25.5 Å². The molecule has 2 rings (SSSR count). The smallest absolute Gasteiger partial charge is 0.116 e. The number of carbonyl (C=O) groups excluding carboxylic acids is 1. The van der Waals surface area contributed by atoms with Crippen LogP contribution in [0.3, 0.4) is 0 Å². The van der Waals surface area contributed by atoms with Crippen LogP contribution in [0.25, 0.3) is 0 Å². The maximum atomic E-state index is 8.81. The van der Waals surface area contributed by atoms with E-state index in [1.807, 2.05) is 0 Å². The van der Waals surface area contributed by atoms with E-state index in [0.29, 0.717) is 30.6 Å². The van der Waals surface area contributed by atoms with Gasteiger partial charge < -0.3 is 15.2 Å². The van der Waals surface area contributed by atoms with Crippen LogP contribution in [0.5, 0.6) is 0 Å². The molecule has 2 N–H and O–H groups in total. The van der Waals surface area contributed by atoms with Crippen LogP contribution in [0.15, 0.2) is 24.3 Å². The van der Waals surface area contributed by atoms with Crippen LogP contribution in [-0.2, 0) is 14.6 Å². The lowest BCUT2D eigenvalue weighted by molar-refractivity contribution is -0.336. The molecule has 1 aliphatic heterocycles. The number of terminal acetylenes is 1. The van der Waals surface area contributed by atoms with E-state index in [4.69, 9.17) is 19.7 Å². The van der Waals surface area contributed by atoms with Crippen LogP contribution < -0.4 is 5.32 Å². The van der Waals surface area contributed by atoms with E-state index < -0.39 is 0 Å². The number of hydrogen-bond acceptors (Lipinski definition) is 5. The third kappa shape index (κ3) is 17.4. The van der Waals surface area contributed by atoms with Gasteiger partial charge in [0.25, 0.3) is 0 Å². The minimum atomic E-state index is 0.233. The van der Waals surface area contributed by atoms with E-state index in [1.165, 1.54) is 26.2 Å². The highest BCUT2D eigenvalue weighted by molar-refractivity contribution is 5.44. The number of fused-ring (bicyclic) bond motifs is 2. The topological polar surface area (TPSA) is 67.8 Å². The van der Waals surface area contributed by atoms with Crippen molar-refractivity contribution in [3.63, 3.8) is 0 Å². The first-order valence-corrected chi connectivity index (χ1v) is 11.2. The summed E-state index contributed by atoms with van der Waals surface area (Å²) < 4.78 is 0. The van der Waals surface area contributed by atoms with E-state index >= 15 is 0 Å². The summed E-state index contributed by atoms with van der Waals surface area (Å²) in [6.07, 6.45) is 25.7. The molecule has 2 bridgehead atoms. The van der Waals surface area contributed by atoms with Crippen molar-refractivity contribution in [2.75, 3.05) is 20.2 Å². The summed E-state index contributed by atoms with van der Waals surface area (Å²) in [5.41, 5.74) is 0. The number of aliphatic hydroxyl groups is 1. The Balaban J connectivity index is -0.000000404. The lowest BCUT2D eigenvalue weighted by atomic mass is 9.89. The van der Waals surface area contributed by atoms with Crippen molar-refractivity contribution in [1.82, 2.24) is 5.32 Å². The van der Waals surface area contributed by atoms with Crippen molar-refractivity contribution in [2.45, 2.75) is 85.4 Å². The molecular formula is C25H47NO4. The number of nitrogens with one attached hydrogen (secondary N) is 1. The number of carbonyl (C=O) groups is 1. The quantitative estimate of drug-likeness (QED) is 0.245. The molecule has 2 fully saturated rings. The fraction of sp³-hybridized carbons (Fsp3) is 0.720. The Morgan fingerprint density at radius 3 is 2.00 bits per heavy atom. The van der Waals surface area contributed by atoms with Gasteiger partial charge in [0.15, 0.2) is 0 Å². The lowest BCUT2D eigenvalue weighted by Gasteiger charge is -2.27. The fourth-order valence-corrected chi connectivity index (χ4v) is 3.12. The lowest BCUT2D eigenvalue weighted by Crippen LogP contribution is -2.28. The zero-order chi connectivity index (χ0) is 23.6. The Hall–Kier alpha value is -1.45. The van der Waals surface area contributed by atoms with Gasteiger partial charge in [-0.2, -0.15) is 0 Å². The molecule has 0 aromatic carbocycles. The fourth-order valence-electron chi connectivity index (χ4n) is 3.12. The maximum Gasteiger partial charge on any atom is 0.116 e. The van der Waals surface area contributed by atoms with Crippen molar-refractivity contribution in [2.24, 2.45) is 11.8 Å². The number of allylic oxidation sites excluding steroid dienone is 3. The molecule has 5 nitrogen and oxygen atoms in total. The molecule has 4 atom stereocenters. The summed E-state index contributed by atoms with van der Waals surface area (Å²) in [4.78, 5) is 19.4. The molecule has 1 heterocycles. The molecule has 0 aromatic heterocycles. The van der Waals surface area contributed by atoms with Crippen LogP contribution in [0.1, 0.15) is 73.1 Å². The summed E-state index contributed by atoms with van der Waals surface area (Å²) in [5, 5.41) is 10.8. The zero-order valence-electron chi connectivity index (χ0n) is 20.2.